The molecule has 0 fully saturated rings. The van der Waals surface area contributed by atoms with Gasteiger partial charge in [0.15, 0.2) is 8.30 Å². The largest absolute Gasteiger partial charge is 0.466 e. The predicted molar refractivity (Wildman–Crippen MR) is 133 cm³/mol. The van der Waals surface area contributed by atoms with Crippen LogP contribution >= 0.6 is 8.30 Å². The monoisotopic (exact) mass is 511 g/mol. The average molecular weight is 512 g/mol. The molecule has 0 aliphatic heterocycles. The third-order valence-corrected chi connectivity index (χ3v) is 6.54. The van der Waals surface area contributed by atoms with Crippen molar-refractivity contribution in [1.82, 2.24) is 14.6 Å². The van der Waals surface area contributed by atoms with Gasteiger partial charge in [-0.25, -0.2) is 9.18 Å². The summed E-state index contributed by atoms with van der Waals surface area (Å²) in [6.45, 7) is 4.98. The third kappa shape index (κ3) is 10.7. The topological polar surface area (TPSA) is 112 Å². The zero-order valence-electron chi connectivity index (χ0n) is 20.5. The van der Waals surface area contributed by atoms with E-state index in [1.807, 2.05) is 25.1 Å². The summed E-state index contributed by atoms with van der Waals surface area (Å²) in [5.74, 6) is 0.305. The molecular formula is C24H35FN3O6P. The summed E-state index contributed by atoms with van der Waals surface area (Å²) in [5, 5.41) is 3.25. The van der Waals surface area contributed by atoms with Crippen molar-refractivity contribution in [2.75, 3.05) is 19.6 Å². The highest BCUT2D eigenvalue weighted by atomic mass is 31.2. The number of nitrogens with one attached hydrogen (secondary N) is 2. The van der Waals surface area contributed by atoms with E-state index in [1.54, 1.807) is 19.1 Å². The van der Waals surface area contributed by atoms with Crippen LogP contribution in [0, 0.1) is 6.92 Å². The molecule has 35 heavy (non-hydrogen) atoms. The lowest BCUT2D eigenvalue weighted by atomic mass is 10.2. The number of para-hydroxylation sites is 1. The number of hydrogen-bond donors (Lipinski definition) is 2. The van der Waals surface area contributed by atoms with Crippen LogP contribution in [0.3, 0.4) is 0 Å². The quantitative estimate of drug-likeness (QED) is 0.201. The number of carbonyl (C=O) groups is 1. The van der Waals surface area contributed by atoms with Crippen molar-refractivity contribution in [3.63, 3.8) is 0 Å². The molecule has 0 bridgehead atoms. The van der Waals surface area contributed by atoms with Gasteiger partial charge in [-0.15, -0.1) is 0 Å². The number of aromatic amines is 1. The number of alkyl halides is 1. The Morgan fingerprint density at radius 1 is 1.23 bits per heavy atom. The van der Waals surface area contributed by atoms with Gasteiger partial charge in [-0.1, -0.05) is 38.0 Å². The molecule has 0 spiro atoms. The first-order valence-corrected chi connectivity index (χ1v) is 13.2. The lowest BCUT2D eigenvalue weighted by molar-refractivity contribution is -0.144. The summed E-state index contributed by atoms with van der Waals surface area (Å²) in [6.07, 6.45) is 3.52. The van der Waals surface area contributed by atoms with E-state index < -0.39 is 32.3 Å². The molecule has 0 saturated carbocycles. The lowest BCUT2D eigenvalue weighted by Crippen LogP contribution is -2.36. The van der Waals surface area contributed by atoms with Crippen molar-refractivity contribution in [3.05, 3.63) is 62.9 Å². The van der Waals surface area contributed by atoms with Gasteiger partial charge in [0.25, 0.3) is 5.56 Å². The molecule has 2 rings (SSSR count). The first-order chi connectivity index (χ1) is 16.8. The van der Waals surface area contributed by atoms with Gasteiger partial charge < -0.3 is 14.0 Å². The Kier molecular flexibility index (Phi) is 12.7. The molecule has 0 aliphatic rings. The zero-order valence-corrected chi connectivity index (χ0v) is 21.4. The van der Waals surface area contributed by atoms with E-state index in [9.17, 15) is 18.8 Å². The van der Waals surface area contributed by atoms with Gasteiger partial charge in [0.1, 0.15) is 24.9 Å². The maximum atomic E-state index is 13.7. The van der Waals surface area contributed by atoms with Crippen LogP contribution < -0.4 is 20.9 Å². The summed E-state index contributed by atoms with van der Waals surface area (Å²) in [6, 6.07) is 8.84. The third-order valence-electron chi connectivity index (χ3n) is 5.00. The summed E-state index contributed by atoms with van der Waals surface area (Å²) < 4.78 is 32.0. The van der Waals surface area contributed by atoms with Gasteiger partial charge in [-0.2, -0.15) is 0 Å². The van der Waals surface area contributed by atoms with E-state index in [-0.39, 0.29) is 31.3 Å². The van der Waals surface area contributed by atoms with Crippen LogP contribution in [0.15, 0.2) is 46.1 Å². The number of halogens is 1. The van der Waals surface area contributed by atoms with E-state index in [0.717, 1.165) is 19.3 Å². The molecule has 11 heteroatoms. The Labute approximate surface area is 205 Å². The number of benzene rings is 1. The molecule has 1 aromatic carbocycles. The first kappa shape index (κ1) is 28.7. The Morgan fingerprint density at radius 3 is 2.66 bits per heavy atom. The molecule has 0 radical (unpaired) electrons. The van der Waals surface area contributed by atoms with Crippen molar-refractivity contribution in [3.8, 4) is 5.75 Å². The van der Waals surface area contributed by atoms with Crippen LogP contribution in [0.1, 0.15) is 45.1 Å². The number of esters is 1. The second kappa shape index (κ2) is 15.4. The SMILES string of the molecule is CCCCCOC(=O)CC(C)NP(COC(CF)Cn1cc(C)c(=O)[nH]c1=O)Oc1ccccc1. The van der Waals surface area contributed by atoms with Crippen LogP contribution in [-0.4, -0.2) is 47.3 Å². The summed E-state index contributed by atoms with van der Waals surface area (Å²) >= 11 is 0. The van der Waals surface area contributed by atoms with E-state index in [4.69, 9.17) is 14.0 Å². The molecule has 194 valence electrons. The predicted octanol–water partition coefficient (Wildman–Crippen LogP) is 3.65. The van der Waals surface area contributed by atoms with Crippen molar-refractivity contribution in [2.24, 2.45) is 0 Å². The van der Waals surface area contributed by atoms with Crippen LogP contribution in [0.2, 0.25) is 0 Å². The summed E-state index contributed by atoms with van der Waals surface area (Å²) in [5.41, 5.74) is -0.769. The van der Waals surface area contributed by atoms with E-state index in [1.165, 1.54) is 10.8 Å². The average Bonchev–Trinajstić information content (AvgIpc) is 2.83. The highest BCUT2D eigenvalue weighted by Crippen LogP contribution is 2.35. The Bertz CT molecular complexity index is 1020. The Balaban J connectivity index is 1.98. The molecule has 1 heterocycles. The number of ether oxygens (including phenoxy) is 2. The fourth-order valence-electron chi connectivity index (χ4n) is 3.13. The fraction of sp³-hybridized carbons (Fsp3) is 0.542. The number of aryl methyl sites for hydroxylation is 1. The maximum Gasteiger partial charge on any atom is 0.328 e. The zero-order chi connectivity index (χ0) is 25.6. The fourth-order valence-corrected chi connectivity index (χ4v) is 4.61. The Hall–Kier alpha value is -2.55. The van der Waals surface area contributed by atoms with Gasteiger partial charge in [0.2, 0.25) is 0 Å². The second-order valence-corrected chi connectivity index (χ2v) is 9.70. The van der Waals surface area contributed by atoms with Crippen LogP contribution in [-0.2, 0) is 20.8 Å². The number of H-pyrrole nitrogens is 1. The number of hydrogen-bond acceptors (Lipinski definition) is 7. The molecule has 0 aliphatic carbocycles. The number of carbonyl (C=O) groups excluding carboxylic acids is 1. The minimum absolute atomic E-state index is 0.0196. The van der Waals surface area contributed by atoms with Gasteiger partial charge in [0.05, 0.1) is 19.6 Å². The van der Waals surface area contributed by atoms with Crippen LogP contribution in [0.25, 0.3) is 0 Å². The van der Waals surface area contributed by atoms with Crippen molar-refractivity contribution in [2.45, 2.75) is 65.1 Å². The molecule has 2 aromatic rings. The number of nitrogens with zero attached hydrogens (tertiary/aromatic N) is 1. The molecule has 9 nitrogen and oxygen atoms in total. The number of unbranched alkanes of at least 4 members (excludes halogenated alkanes) is 2. The molecule has 1 aromatic heterocycles. The van der Waals surface area contributed by atoms with E-state index in [0.29, 0.717) is 17.9 Å². The summed E-state index contributed by atoms with van der Waals surface area (Å²) in [7, 11) is -1.45. The minimum Gasteiger partial charge on any atom is -0.466 e. The van der Waals surface area contributed by atoms with Crippen molar-refractivity contribution < 1.29 is 23.2 Å². The molecule has 3 unspecified atom stereocenters. The molecule has 0 saturated heterocycles. The van der Waals surface area contributed by atoms with Gasteiger partial charge in [0, 0.05) is 17.8 Å². The molecule has 0 amide bonds. The summed E-state index contributed by atoms with van der Waals surface area (Å²) in [4.78, 5) is 37.9. The Morgan fingerprint density at radius 2 is 1.97 bits per heavy atom. The lowest BCUT2D eigenvalue weighted by Gasteiger charge is -2.25. The van der Waals surface area contributed by atoms with Crippen molar-refractivity contribution in [1.29, 1.82) is 0 Å². The van der Waals surface area contributed by atoms with Crippen LogP contribution in [0.5, 0.6) is 5.75 Å². The van der Waals surface area contributed by atoms with E-state index in [2.05, 4.69) is 17.0 Å². The number of aromatic nitrogens is 2. The second-order valence-electron chi connectivity index (χ2n) is 8.24. The van der Waals surface area contributed by atoms with E-state index >= 15 is 0 Å². The van der Waals surface area contributed by atoms with Gasteiger partial charge in [-0.05, 0) is 32.4 Å². The molecule has 3 atom stereocenters. The van der Waals surface area contributed by atoms with Gasteiger partial charge >= 0.3 is 11.7 Å². The first-order valence-electron chi connectivity index (χ1n) is 11.7. The normalized spacial score (nSPS) is 13.7. The molecular weight excluding hydrogens is 476 g/mol. The maximum absolute atomic E-state index is 13.7. The standard InChI is InChI=1S/C24H35FN3O6P/c1-4-5-9-12-32-22(29)13-19(3)27-35(34-20-10-7-6-8-11-20)17-33-21(14-25)16-28-15-18(2)23(30)26-24(28)31/h6-8,10-11,15,19,21,27H,4-5,9,12-14,16-17H2,1-3H3,(H,26,30,31). The minimum atomic E-state index is -1.45. The van der Waals surface area contributed by atoms with Crippen molar-refractivity contribution >= 4 is 14.3 Å². The van der Waals surface area contributed by atoms with Crippen LogP contribution in [0.4, 0.5) is 4.39 Å². The smallest absolute Gasteiger partial charge is 0.328 e. The van der Waals surface area contributed by atoms with Gasteiger partial charge in [-0.3, -0.25) is 24.2 Å². The molecule has 2 N–H and O–H groups in total. The highest BCUT2D eigenvalue weighted by molar-refractivity contribution is 7.50. The number of rotatable bonds is 16. The highest BCUT2D eigenvalue weighted by Gasteiger charge is 2.21.